The van der Waals surface area contributed by atoms with Crippen LogP contribution in [0.25, 0.3) is 56.1 Å². The molecular formula is C51H32N4O. The Morgan fingerprint density at radius 3 is 1.52 bits per heavy atom. The smallest absolute Gasteiger partial charge is 0.164 e. The van der Waals surface area contributed by atoms with Gasteiger partial charge in [-0.2, -0.15) is 5.26 Å². The van der Waals surface area contributed by atoms with Crippen LogP contribution in [0.3, 0.4) is 0 Å². The molecule has 0 bridgehead atoms. The van der Waals surface area contributed by atoms with Gasteiger partial charge in [0.1, 0.15) is 11.5 Å². The molecule has 5 nitrogen and oxygen atoms in total. The van der Waals surface area contributed by atoms with Crippen molar-refractivity contribution in [2.45, 2.75) is 5.41 Å². The van der Waals surface area contributed by atoms with E-state index >= 15 is 0 Å². The molecule has 8 aromatic carbocycles. The van der Waals surface area contributed by atoms with Gasteiger partial charge < -0.3 is 4.74 Å². The minimum Gasteiger partial charge on any atom is -0.455 e. The highest BCUT2D eigenvalue weighted by atomic mass is 16.5. The van der Waals surface area contributed by atoms with E-state index in [-0.39, 0.29) is 0 Å². The third kappa shape index (κ3) is 5.43. The van der Waals surface area contributed by atoms with Gasteiger partial charge in [0.2, 0.25) is 0 Å². The molecule has 262 valence electrons. The molecule has 0 unspecified atom stereocenters. The van der Waals surface area contributed by atoms with Crippen molar-refractivity contribution in [3.63, 3.8) is 0 Å². The van der Waals surface area contributed by atoms with Crippen LogP contribution in [0.15, 0.2) is 194 Å². The highest BCUT2D eigenvalue weighted by molar-refractivity contribution is 5.93. The fourth-order valence-corrected chi connectivity index (χ4v) is 8.07. The molecule has 0 radical (unpaired) electrons. The van der Waals surface area contributed by atoms with Gasteiger partial charge in [-0.1, -0.05) is 170 Å². The Balaban J connectivity index is 1.15. The van der Waals surface area contributed by atoms with Crippen LogP contribution in [0, 0.1) is 11.3 Å². The van der Waals surface area contributed by atoms with E-state index in [1.54, 1.807) is 12.1 Å². The highest BCUT2D eigenvalue weighted by Crippen LogP contribution is 2.58. The summed E-state index contributed by atoms with van der Waals surface area (Å²) >= 11 is 0. The number of nitrogens with zero attached hydrogens (tertiary/aromatic N) is 4. The van der Waals surface area contributed by atoms with Gasteiger partial charge in [-0.15, -0.1) is 0 Å². The van der Waals surface area contributed by atoms with Gasteiger partial charge in [-0.3, -0.25) is 0 Å². The fraction of sp³-hybridized carbons (Fsp3) is 0.0196. The zero-order chi connectivity index (χ0) is 37.5. The molecule has 0 saturated heterocycles. The van der Waals surface area contributed by atoms with E-state index in [0.29, 0.717) is 23.0 Å². The number of benzene rings is 8. The van der Waals surface area contributed by atoms with Crippen molar-refractivity contribution in [3.05, 3.63) is 222 Å². The zero-order valence-corrected chi connectivity index (χ0v) is 30.2. The van der Waals surface area contributed by atoms with Crippen LogP contribution in [0.5, 0.6) is 11.5 Å². The van der Waals surface area contributed by atoms with Gasteiger partial charge in [-0.05, 0) is 46.3 Å². The van der Waals surface area contributed by atoms with Crippen molar-refractivity contribution in [2.24, 2.45) is 0 Å². The first kappa shape index (κ1) is 32.9. The lowest BCUT2D eigenvalue weighted by molar-refractivity contribution is 0.441. The summed E-state index contributed by atoms with van der Waals surface area (Å²) in [4.78, 5) is 14.7. The number of hydrogen-bond donors (Lipinski definition) is 0. The van der Waals surface area contributed by atoms with Gasteiger partial charge in [0, 0.05) is 38.8 Å². The predicted octanol–water partition coefficient (Wildman–Crippen LogP) is 12.1. The lowest BCUT2D eigenvalue weighted by Crippen LogP contribution is -2.34. The van der Waals surface area contributed by atoms with E-state index in [4.69, 9.17) is 19.7 Å². The largest absolute Gasteiger partial charge is 0.455 e. The van der Waals surface area contributed by atoms with Crippen LogP contribution < -0.4 is 4.74 Å². The lowest BCUT2D eigenvalue weighted by atomic mass is 9.63. The van der Waals surface area contributed by atoms with E-state index < -0.39 is 5.41 Å². The van der Waals surface area contributed by atoms with Crippen molar-refractivity contribution >= 4 is 10.8 Å². The fourth-order valence-electron chi connectivity index (χ4n) is 8.07. The summed E-state index contributed by atoms with van der Waals surface area (Å²) in [5, 5.41) is 11.6. The number of ether oxygens (including phenoxy) is 1. The predicted molar refractivity (Wildman–Crippen MR) is 222 cm³/mol. The van der Waals surface area contributed by atoms with Crippen LogP contribution in [0.1, 0.15) is 27.8 Å². The first-order valence-electron chi connectivity index (χ1n) is 18.6. The molecule has 9 aromatic rings. The summed E-state index contributed by atoms with van der Waals surface area (Å²) in [6.45, 7) is 0. The number of rotatable bonds is 6. The molecule has 5 heteroatoms. The molecule has 2 heterocycles. The Hall–Kier alpha value is -7.68. The van der Waals surface area contributed by atoms with Crippen molar-refractivity contribution < 1.29 is 4.74 Å². The van der Waals surface area contributed by atoms with E-state index in [9.17, 15) is 5.26 Å². The van der Waals surface area contributed by atoms with Crippen LogP contribution in [-0.2, 0) is 5.41 Å². The lowest BCUT2D eigenvalue weighted by Gasteiger charge is -2.42. The molecule has 0 N–H and O–H groups in total. The Morgan fingerprint density at radius 1 is 0.411 bits per heavy atom. The third-order valence-corrected chi connectivity index (χ3v) is 10.7. The molecule has 10 rings (SSSR count). The second-order valence-corrected chi connectivity index (χ2v) is 13.9. The molecule has 0 aliphatic carbocycles. The van der Waals surface area contributed by atoms with Gasteiger partial charge in [-0.25, -0.2) is 15.0 Å². The molecule has 0 amide bonds. The first-order valence-corrected chi connectivity index (χ1v) is 18.6. The number of aromatic nitrogens is 3. The Bertz CT molecular complexity index is 2880. The Morgan fingerprint density at radius 2 is 0.911 bits per heavy atom. The quantitative estimate of drug-likeness (QED) is 0.171. The number of nitriles is 1. The summed E-state index contributed by atoms with van der Waals surface area (Å²) in [6, 6.07) is 68.7. The molecular weight excluding hydrogens is 685 g/mol. The average Bonchev–Trinajstić information content (AvgIpc) is 3.29. The molecule has 0 spiro atoms. The minimum atomic E-state index is -0.647. The summed E-state index contributed by atoms with van der Waals surface area (Å²) in [7, 11) is 0. The Kier molecular flexibility index (Phi) is 8.01. The van der Waals surface area contributed by atoms with Crippen molar-refractivity contribution in [1.82, 2.24) is 15.0 Å². The number of para-hydroxylation sites is 1. The topological polar surface area (TPSA) is 71.7 Å². The van der Waals surface area contributed by atoms with Crippen LogP contribution in [0.4, 0.5) is 0 Å². The number of fused-ring (bicyclic) bond motifs is 4. The van der Waals surface area contributed by atoms with Crippen LogP contribution in [0.2, 0.25) is 0 Å². The Labute approximate surface area is 324 Å². The molecule has 0 saturated carbocycles. The summed E-state index contributed by atoms with van der Waals surface area (Å²) in [5.74, 6) is 3.36. The second kappa shape index (κ2) is 13.6. The summed E-state index contributed by atoms with van der Waals surface area (Å²) in [5.41, 5.74) is 9.01. The molecule has 0 fully saturated rings. The van der Waals surface area contributed by atoms with Gasteiger partial charge in [0.25, 0.3) is 0 Å². The molecule has 1 aliphatic rings. The minimum absolute atomic E-state index is 0.539. The van der Waals surface area contributed by atoms with E-state index in [0.717, 1.165) is 61.2 Å². The van der Waals surface area contributed by atoms with Crippen LogP contribution in [-0.4, -0.2) is 15.0 Å². The number of hydrogen-bond acceptors (Lipinski definition) is 5. The van der Waals surface area contributed by atoms with Gasteiger partial charge >= 0.3 is 0 Å². The molecule has 1 aliphatic heterocycles. The van der Waals surface area contributed by atoms with Crippen LogP contribution >= 0.6 is 0 Å². The maximum Gasteiger partial charge on any atom is 0.164 e. The normalized spacial score (nSPS) is 12.6. The van der Waals surface area contributed by atoms with E-state index in [1.807, 2.05) is 42.5 Å². The monoisotopic (exact) mass is 716 g/mol. The summed E-state index contributed by atoms with van der Waals surface area (Å²) in [6.07, 6.45) is 0. The third-order valence-electron chi connectivity index (χ3n) is 10.7. The summed E-state index contributed by atoms with van der Waals surface area (Å²) < 4.78 is 7.18. The SMILES string of the molecule is N#Cc1ccc(-c2nc(-c3ccccc3)nc(-c3ccc(-c4cccc5c4Oc4c(ccc6ccccc46)C5(c4ccccc4)c4ccccc4)cc3)n2)cc1. The second-order valence-electron chi connectivity index (χ2n) is 13.9. The first-order chi connectivity index (χ1) is 27.7. The van der Waals surface area contributed by atoms with E-state index in [2.05, 4.69) is 146 Å². The van der Waals surface area contributed by atoms with Gasteiger partial charge in [0.15, 0.2) is 17.5 Å². The van der Waals surface area contributed by atoms with Crippen molar-refractivity contribution in [3.8, 4) is 62.9 Å². The van der Waals surface area contributed by atoms with Crippen molar-refractivity contribution in [1.29, 1.82) is 5.26 Å². The molecule has 0 atom stereocenters. The maximum atomic E-state index is 9.37. The zero-order valence-electron chi connectivity index (χ0n) is 30.2. The van der Waals surface area contributed by atoms with Gasteiger partial charge in [0.05, 0.1) is 17.0 Å². The standard InChI is InChI=1S/C51H32N4O/c52-33-34-23-25-38(26-24-34)49-53-48(37-14-4-1-5-15-37)54-50(55-49)39-29-27-36(28-30-39)43-21-12-22-44-46(43)56-47-42-20-11-10-13-35(42)31-32-45(47)51(44,40-16-6-2-7-17-40)41-18-8-3-9-19-41/h1-32H. The molecule has 56 heavy (non-hydrogen) atoms. The highest BCUT2D eigenvalue weighted by Gasteiger charge is 2.46. The van der Waals surface area contributed by atoms with Crippen molar-refractivity contribution in [2.75, 3.05) is 0 Å². The van der Waals surface area contributed by atoms with E-state index in [1.165, 1.54) is 11.1 Å². The molecule has 1 aromatic heterocycles. The average molecular weight is 717 g/mol. The maximum absolute atomic E-state index is 9.37.